The second-order valence-electron chi connectivity index (χ2n) is 4.82. The van der Waals surface area contributed by atoms with E-state index in [-0.39, 0.29) is 30.0 Å². The summed E-state index contributed by atoms with van der Waals surface area (Å²) < 4.78 is 5.00. The molecule has 7 nitrogen and oxygen atoms in total. The summed E-state index contributed by atoms with van der Waals surface area (Å²) in [6.45, 7) is 1.47. The van der Waals surface area contributed by atoms with Crippen molar-refractivity contribution in [3.05, 3.63) is 56.4 Å². The van der Waals surface area contributed by atoms with Crippen molar-refractivity contribution in [2.45, 2.75) is 25.7 Å². The number of aryl methyl sites for hydroxylation is 1. The van der Waals surface area contributed by atoms with Gasteiger partial charge in [-0.05, 0) is 18.6 Å². The zero-order valence-corrected chi connectivity index (χ0v) is 12.4. The monoisotopic (exact) mass is 324 g/mol. The Balaban J connectivity index is 2.38. The van der Waals surface area contributed by atoms with E-state index in [1.165, 1.54) is 6.92 Å². The molecular formula is C14H13ClN2O5. The van der Waals surface area contributed by atoms with Crippen LogP contribution in [-0.2, 0) is 11.2 Å². The fourth-order valence-electron chi connectivity index (χ4n) is 2.31. The van der Waals surface area contributed by atoms with E-state index in [4.69, 9.17) is 21.2 Å². The van der Waals surface area contributed by atoms with Crippen LogP contribution in [0.3, 0.4) is 0 Å². The van der Waals surface area contributed by atoms with Crippen molar-refractivity contribution in [1.29, 1.82) is 0 Å². The first-order valence-electron chi connectivity index (χ1n) is 6.46. The van der Waals surface area contributed by atoms with Crippen molar-refractivity contribution < 1.29 is 19.3 Å². The van der Waals surface area contributed by atoms with Crippen molar-refractivity contribution in [2.75, 3.05) is 0 Å². The second kappa shape index (κ2) is 6.57. The Morgan fingerprint density at radius 1 is 1.50 bits per heavy atom. The minimum Gasteiger partial charge on any atom is -0.481 e. The minimum absolute atomic E-state index is 0.0349. The van der Waals surface area contributed by atoms with Gasteiger partial charge < -0.3 is 9.63 Å². The molecule has 0 saturated heterocycles. The lowest BCUT2D eigenvalue weighted by atomic mass is 9.91. The van der Waals surface area contributed by atoms with Crippen LogP contribution < -0.4 is 0 Å². The molecule has 0 fully saturated rings. The van der Waals surface area contributed by atoms with Crippen LogP contribution in [-0.4, -0.2) is 21.2 Å². The summed E-state index contributed by atoms with van der Waals surface area (Å²) in [4.78, 5) is 21.6. The van der Waals surface area contributed by atoms with Gasteiger partial charge in [0.2, 0.25) is 5.76 Å². The average molecular weight is 325 g/mol. The molecule has 1 atom stereocenters. The molecule has 116 valence electrons. The lowest BCUT2D eigenvalue weighted by molar-refractivity contribution is -0.386. The summed E-state index contributed by atoms with van der Waals surface area (Å²) in [6.07, 6.45) is -0.187. The number of hydrogen-bond donors (Lipinski definition) is 1. The number of nitrogens with zero attached hydrogens (tertiary/aromatic N) is 2. The van der Waals surface area contributed by atoms with Crippen molar-refractivity contribution in [1.82, 2.24) is 5.16 Å². The summed E-state index contributed by atoms with van der Waals surface area (Å²) in [7, 11) is 0. The Morgan fingerprint density at radius 2 is 2.18 bits per heavy atom. The molecule has 1 aromatic heterocycles. The summed E-state index contributed by atoms with van der Waals surface area (Å²) in [5.74, 6) is -1.52. The Hall–Kier alpha value is -2.41. The number of hydrogen-bond acceptors (Lipinski definition) is 5. The number of aliphatic carboxylic acids is 1. The van der Waals surface area contributed by atoms with Gasteiger partial charge in [0.15, 0.2) is 5.69 Å². The van der Waals surface area contributed by atoms with Crippen LogP contribution >= 0.6 is 11.6 Å². The van der Waals surface area contributed by atoms with Crippen molar-refractivity contribution >= 4 is 23.3 Å². The zero-order valence-electron chi connectivity index (χ0n) is 11.7. The normalized spacial score (nSPS) is 12.1. The molecule has 0 aliphatic rings. The maximum absolute atomic E-state index is 11.1. The summed E-state index contributed by atoms with van der Waals surface area (Å²) in [5.41, 5.74) is 0.547. The molecule has 0 aliphatic heterocycles. The van der Waals surface area contributed by atoms with Crippen molar-refractivity contribution in [2.24, 2.45) is 0 Å². The van der Waals surface area contributed by atoms with E-state index in [0.29, 0.717) is 10.6 Å². The molecule has 2 aromatic rings. The van der Waals surface area contributed by atoms with Crippen molar-refractivity contribution in [3.8, 4) is 0 Å². The molecule has 8 heteroatoms. The number of halogens is 1. The molecule has 0 amide bonds. The molecule has 2 rings (SSSR count). The van der Waals surface area contributed by atoms with Gasteiger partial charge in [-0.1, -0.05) is 35.0 Å². The smallest absolute Gasteiger partial charge is 0.334 e. The van der Waals surface area contributed by atoms with Crippen LogP contribution in [0.4, 0.5) is 5.69 Å². The second-order valence-corrected chi connectivity index (χ2v) is 5.22. The molecule has 1 aromatic carbocycles. The van der Waals surface area contributed by atoms with Crippen molar-refractivity contribution in [3.63, 3.8) is 0 Å². The molecule has 22 heavy (non-hydrogen) atoms. The number of nitro groups is 1. The molecule has 0 bridgehead atoms. The predicted molar refractivity (Wildman–Crippen MR) is 78.0 cm³/mol. The predicted octanol–water partition coefficient (Wildman–Crippen LogP) is 3.35. The Labute approximate surface area is 130 Å². The van der Waals surface area contributed by atoms with Crippen LogP contribution in [0.2, 0.25) is 5.02 Å². The Kier molecular flexibility index (Phi) is 4.77. The standard InChI is InChI=1S/C14H13ClN2O5/c1-8-14(17(20)21)12(22-16-8)6-9(7-13(18)19)10-4-2-3-5-11(10)15/h2-5,9H,6-7H2,1H3,(H,18,19). The highest BCUT2D eigenvalue weighted by Crippen LogP contribution is 2.33. The van der Waals surface area contributed by atoms with Gasteiger partial charge >= 0.3 is 11.7 Å². The average Bonchev–Trinajstić information content (AvgIpc) is 2.79. The largest absolute Gasteiger partial charge is 0.481 e. The number of carboxylic acids is 1. The molecular weight excluding hydrogens is 312 g/mol. The number of carboxylic acid groups (broad SMARTS) is 1. The first-order valence-corrected chi connectivity index (χ1v) is 6.83. The first-order chi connectivity index (χ1) is 10.4. The van der Waals surface area contributed by atoms with E-state index in [2.05, 4.69) is 5.16 Å². The van der Waals surface area contributed by atoms with Gasteiger partial charge in [-0.3, -0.25) is 14.9 Å². The Morgan fingerprint density at radius 3 is 2.77 bits per heavy atom. The lowest BCUT2D eigenvalue weighted by Crippen LogP contribution is -2.10. The molecule has 0 aliphatic carbocycles. The van der Waals surface area contributed by atoms with E-state index in [1.807, 2.05) is 0 Å². The Bertz CT molecular complexity index is 713. The number of carbonyl (C=O) groups is 1. The van der Waals surface area contributed by atoms with Gasteiger partial charge in [-0.2, -0.15) is 0 Å². The number of aromatic nitrogens is 1. The fourth-order valence-corrected chi connectivity index (χ4v) is 2.60. The SMILES string of the molecule is Cc1noc(CC(CC(=O)O)c2ccccc2Cl)c1[N+](=O)[O-]. The van der Waals surface area contributed by atoms with Crippen LogP contribution in [0.1, 0.15) is 29.4 Å². The lowest BCUT2D eigenvalue weighted by Gasteiger charge is -2.15. The van der Waals surface area contributed by atoms with Gasteiger partial charge in [-0.25, -0.2) is 0 Å². The summed E-state index contributed by atoms with van der Waals surface area (Å²) in [5, 5.41) is 24.1. The fraction of sp³-hybridized carbons (Fsp3) is 0.286. The van der Waals surface area contributed by atoms with Gasteiger partial charge in [0.1, 0.15) is 0 Å². The van der Waals surface area contributed by atoms with Crippen LogP contribution in [0.25, 0.3) is 0 Å². The van der Waals surface area contributed by atoms with Crippen LogP contribution in [0, 0.1) is 17.0 Å². The highest BCUT2D eigenvalue weighted by molar-refractivity contribution is 6.31. The van der Waals surface area contributed by atoms with Gasteiger partial charge in [0.25, 0.3) is 0 Å². The van der Waals surface area contributed by atoms with E-state index in [9.17, 15) is 14.9 Å². The number of rotatable bonds is 6. The third-order valence-electron chi connectivity index (χ3n) is 3.28. The number of benzene rings is 1. The van der Waals surface area contributed by atoms with Gasteiger partial charge in [-0.15, -0.1) is 0 Å². The maximum atomic E-state index is 11.1. The van der Waals surface area contributed by atoms with Crippen LogP contribution in [0.15, 0.2) is 28.8 Å². The highest BCUT2D eigenvalue weighted by atomic mass is 35.5. The molecule has 0 spiro atoms. The third kappa shape index (κ3) is 3.43. The molecule has 1 unspecified atom stereocenters. The summed E-state index contributed by atoms with van der Waals surface area (Å²) >= 11 is 6.10. The van der Waals surface area contributed by atoms with Gasteiger partial charge in [0.05, 0.1) is 11.3 Å². The molecule has 1 heterocycles. The molecule has 1 N–H and O–H groups in total. The van der Waals surface area contributed by atoms with Gasteiger partial charge in [0, 0.05) is 17.4 Å². The van der Waals surface area contributed by atoms with Crippen LogP contribution in [0.5, 0.6) is 0 Å². The minimum atomic E-state index is -1.02. The van der Waals surface area contributed by atoms with E-state index >= 15 is 0 Å². The third-order valence-corrected chi connectivity index (χ3v) is 3.62. The van der Waals surface area contributed by atoms with E-state index in [0.717, 1.165) is 0 Å². The zero-order chi connectivity index (χ0) is 16.3. The quantitative estimate of drug-likeness (QED) is 0.645. The first kappa shape index (κ1) is 16.0. The van der Waals surface area contributed by atoms with E-state index < -0.39 is 16.8 Å². The maximum Gasteiger partial charge on any atom is 0.334 e. The topological polar surface area (TPSA) is 106 Å². The highest BCUT2D eigenvalue weighted by Gasteiger charge is 2.29. The molecule has 0 radical (unpaired) electrons. The molecule has 0 saturated carbocycles. The van der Waals surface area contributed by atoms with E-state index in [1.54, 1.807) is 24.3 Å². The summed E-state index contributed by atoms with van der Waals surface area (Å²) in [6, 6.07) is 6.80.